The quantitative estimate of drug-likeness (QED) is 0.806. The lowest BCUT2D eigenvalue weighted by Gasteiger charge is -2.23. The first kappa shape index (κ1) is 11.6. The first-order chi connectivity index (χ1) is 7.75. The predicted octanol–water partition coefficient (Wildman–Crippen LogP) is 0.994. The van der Waals surface area contributed by atoms with Crippen molar-refractivity contribution in [1.29, 1.82) is 0 Å². The lowest BCUT2D eigenvalue weighted by molar-refractivity contribution is 0.251. The molecule has 1 aliphatic rings. The fraction of sp³-hybridized carbons (Fsp3) is 0.750. The van der Waals surface area contributed by atoms with E-state index in [1.807, 2.05) is 17.9 Å². The fourth-order valence-corrected chi connectivity index (χ4v) is 2.30. The van der Waals surface area contributed by atoms with Crippen LogP contribution >= 0.6 is 0 Å². The number of hydrogen-bond acceptors (Lipinski definition) is 3. The van der Waals surface area contributed by atoms with E-state index in [2.05, 4.69) is 28.4 Å². The number of likely N-dealkylation sites (tertiary alicyclic amines) is 1. The lowest BCUT2D eigenvalue weighted by atomic mass is 10.3. The van der Waals surface area contributed by atoms with Crippen LogP contribution in [0.1, 0.15) is 25.3 Å². The van der Waals surface area contributed by atoms with Crippen molar-refractivity contribution < 1.29 is 0 Å². The van der Waals surface area contributed by atoms with Gasteiger partial charge in [0.05, 0.1) is 6.20 Å². The van der Waals surface area contributed by atoms with Gasteiger partial charge < -0.3 is 5.32 Å². The first-order valence-electron chi connectivity index (χ1n) is 6.18. The summed E-state index contributed by atoms with van der Waals surface area (Å²) < 4.78 is 1.85. The summed E-state index contributed by atoms with van der Waals surface area (Å²) in [7, 11) is 1.95. The minimum Gasteiger partial charge on any atom is -0.311 e. The van der Waals surface area contributed by atoms with Crippen LogP contribution < -0.4 is 5.32 Å². The molecule has 1 aromatic rings. The van der Waals surface area contributed by atoms with Crippen molar-refractivity contribution >= 4 is 0 Å². The molecule has 4 nitrogen and oxygen atoms in total. The molecule has 2 heterocycles. The molecule has 0 spiro atoms. The van der Waals surface area contributed by atoms with Crippen molar-refractivity contribution in [3.05, 3.63) is 18.0 Å². The molecule has 0 aliphatic carbocycles. The summed E-state index contributed by atoms with van der Waals surface area (Å²) in [6, 6.07) is 0.652. The molecule has 1 N–H and O–H groups in total. The average molecular weight is 222 g/mol. The maximum atomic E-state index is 4.16. The molecule has 1 aliphatic heterocycles. The van der Waals surface area contributed by atoms with Crippen LogP contribution in [-0.2, 0) is 13.6 Å². The smallest absolute Gasteiger partial charge is 0.0534 e. The van der Waals surface area contributed by atoms with Crippen LogP contribution in [-0.4, -0.2) is 40.4 Å². The zero-order valence-corrected chi connectivity index (χ0v) is 10.3. The third kappa shape index (κ3) is 3.06. The van der Waals surface area contributed by atoms with Crippen LogP contribution in [0.4, 0.5) is 0 Å². The van der Waals surface area contributed by atoms with Crippen LogP contribution in [0.2, 0.25) is 0 Å². The Balaban J connectivity index is 1.67. The molecule has 1 saturated heterocycles. The van der Waals surface area contributed by atoms with Gasteiger partial charge in [-0.3, -0.25) is 9.58 Å². The van der Waals surface area contributed by atoms with E-state index in [-0.39, 0.29) is 0 Å². The molecule has 1 atom stereocenters. The zero-order chi connectivity index (χ0) is 11.4. The first-order valence-corrected chi connectivity index (χ1v) is 6.18. The standard InChI is InChI=1S/C12H22N4/c1-11(16-5-3-4-6-16)7-13-8-12-9-14-15(2)10-12/h9-11,13H,3-8H2,1-2H3. The minimum atomic E-state index is 0.652. The van der Waals surface area contributed by atoms with Gasteiger partial charge in [0.15, 0.2) is 0 Å². The van der Waals surface area contributed by atoms with Gasteiger partial charge in [-0.15, -0.1) is 0 Å². The fourth-order valence-electron chi connectivity index (χ4n) is 2.30. The molecular weight excluding hydrogens is 200 g/mol. The molecule has 16 heavy (non-hydrogen) atoms. The molecule has 2 rings (SSSR count). The molecule has 90 valence electrons. The summed E-state index contributed by atoms with van der Waals surface area (Å²) in [5, 5.41) is 7.65. The van der Waals surface area contributed by atoms with Gasteiger partial charge in [-0.05, 0) is 32.9 Å². The van der Waals surface area contributed by atoms with Gasteiger partial charge in [0, 0.05) is 37.9 Å². The molecule has 0 aromatic carbocycles. The molecule has 4 heteroatoms. The number of aryl methyl sites for hydroxylation is 1. The van der Waals surface area contributed by atoms with Crippen molar-refractivity contribution in [1.82, 2.24) is 20.0 Å². The highest BCUT2D eigenvalue weighted by molar-refractivity contribution is 5.02. The predicted molar refractivity (Wildman–Crippen MR) is 65.2 cm³/mol. The van der Waals surface area contributed by atoms with Gasteiger partial charge in [-0.2, -0.15) is 5.10 Å². The summed E-state index contributed by atoms with van der Waals surface area (Å²) in [4.78, 5) is 2.57. The second-order valence-corrected chi connectivity index (χ2v) is 4.75. The Morgan fingerprint density at radius 3 is 2.81 bits per heavy atom. The Hall–Kier alpha value is -0.870. The SMILES string of the molecule is CC(CNCc1cnn(C)c1)N1CCCC1. The summed E-state index contributed by atoms with van der Waals surface area (Å²) in [6.45, 7) is 6.84. The maximum Gasteiger partial charge on any atom is 0.0534 e. The van der Waals surface area contributed by atoms with E-state index >= 15 is 0 Å². The summed E-state index contributed by atoms with van der Waals surface area (Å²) >= 11 is 0. The second kappa shape index (κ2) is 5.46. The molecular formula is C12H22N4. The van der Waals surface area contributed by atoms with Crippen LogP contribution in [0.3, 0.4) is 0 Å². The van der Waals surface area contributed by atoms with Crippen LogP contribution in [0, 0.1) is 0 Å². The van der Waals surface area contributed by atoms with Crippen LogP contribution in [0.5, 0.6) is 0 Å². The minimum absolute atomic E-state index is 0.652. The molecule has 1 fully saturated rings. The van der Waals surface area contributed by atoms with Crippen molar-refractivity contribution in [3.8, 4) is 0 Å². The van der Waals surface area contributed by atoms with E-state index in [1.54, 1.807) is 0 Å². The maximum absolute atomic E-state index is 4.16. The van der Waals surface area contributed by atoms with E-state index in [0.717, 1.165) is 13.1 Å². The van der Waals surface area contributed by atoms with Crippen LogP contribution in [0.25, 0.3) is 0 Å². The van der Waals surface area contributed by atoms with Gasteiger partial charge in [0.2, 0.25) is 0 Å². The Morgan fingerprint density at radius 1 is 1.44 bits per heavy atom. The van der Waals surface area contributed by atoms with Crippen molar-refractivity contribution in [2.24, 2.45) is 7.05 Å². The number of hydrogen-bond donors (Lipinski definition) is 1. The van der Waals surface area contributed by atoms with E-state index < -0.39 is 0 Å². The van der Waals surface area contributed by atoms with Crippen molar-refractivity contribution in [2.45, 2.75) is 32.4 Å². The summed E-state index contributed by atoms with van der Waals surface area (Å²) in [5.74, 6) is 0. The third-order valence-corrected chi connectivity index (χ3v) is 3.29. The van der Waals surface area contributed by atoms with Gasteiger partial charge in [-0.1, -0.05) is 0 Å². The Kier molecular flexibility index (Phi) is 3.96. The van der Waals surface area contributed by atoms with Crippen LogP contribution in [0.15, 0.2) is 12.4 Å². The monoisotopic (exact) mass is 222 g/mol. The van der Waals surface area contributed by atoms with E-state index in [4.69, 9.17) is 0 Å². The average Bonchev–Trinajstić information content (AvgIpc) is 2.89. The van der Waals surface area contributed by atoms with Gasteiger partial charge >= 0.3 is 0 Å². The molecule has 1 unspecified atom stereocenters. The molecule has 0 bridgehead atoms. The van der Waals surface area contributed by atoms with E-state index in [1.165, 1.54) is 31.5 Å². The largest absolute Gasteiger partial charge is 0.311 e. The third-order valence-electron chi connectivity index (χ3n) is 3.29. The molecule has 1 aromatic heterocycles. The Labute approximate surface area is 97.6 Å². The molecule has 0 amide bonds. The summed E-state index contributed by atoms with van der Waals surface area (Å²) in [5.41, 5.74) is 1.26. The van der Waals surface area contributed by atoms with E-state index in [0.29, 0.717) is 6.04 Å². The zero-order valence-electron chi connectivity index (χ0n) is 10.3. The number of nitrogens with zero attached hydrogens (tertiary/aromatic N) is 3. The second-order valence-electron chi connectivity index (χ2n) is 4.75. The molecule has 0 saturated carbocycles. The molecule has 0 radical (unpaired) electrons. The van der Waals surface area contributed by atoms with E-state index in [9.17, 15) is 0 Å². The Morgan fingerprint density at radius 2 is 2.19 bits per heavy atom. The van der Waals surface area contributed by atoms with Gasteiger partial charge in [-0.25, -0.2) is 0 Å². The van der Waals surface area contributed by atoms with Crippen molar-refractivity contribution in [3.63, 3.8) is 0 Å². The normalized spacial score (nSPS) is 19.1. The van der Waals surface area contributed by atoms with Gasteiger partial charge in [0.25, 0.3) is 0 Å². The highest BCUT2D eigenvalue weighted by atomic mass is 15.2. The number of nitrogens with one attached hydrogen (secondary N) is 1. The summed E-state index contributed by atoms with van der Waals surface area (Å²) in [6.07, 6.45) is 6.72. The highest BCUT2D eigenvalue weighted by Crippen LogP contribution is 2.10. The number of aromatic nitrogens is 2. The van der Waals surface area contributed by atoms with Crippen molar-refractivity contribution in [2.75, 3.05) is 19.6 Å². The topological polar surface area (TPSA) is 33.1 Å². The Bertz CT molecular complexity index is 315. The lowest BCUT2D eigenvalue weighted by Crippen LogP contribution is -2.38. The number of rotatable bonds is 5. The van der Waals surface area contributed by atoms with Gasteiger partial charge in [0.1, 0.15) is 0 Å². The highest BCUT2D eigenvalue weighted by Gasteiger charge is 2.17.